The summed E-state index contributed by atoms with van der Waals surface area (Å²) in [6, 6.07) is -0.344. The number of nitrogens with zero attached hydrogens (tertiary/aromatic N) is 5. The van der Waals surface area contributed by atoms with Crippen LogP contribution in [0.1, 0.15) is 43.7 Å². The minimum atomic E-state index is -5.28. The Bertz CT molecular complexity index is 1800. The molecular weight excluding hydrogens is 644 g/mol. The first-order valence-electron chi connectivity index (χ1n) is 16.2. The molecule has 0 unspecified atom stereocenters. The van der Waals surface area contributed by atoms with Crippen molar-refractivity contribution in [2.45, 2.75) is 69.9 Å². The van der Waals surface area contributed by atoms with Gasteiger partial charge in [0.1, 0.15) is 34.2 Å². The number of hydrogen-bond acceptors (Lipinski definition) is 10. The number of aromatic nitrogens is 3. The van der Waals surface area contributed by atoms with Crippen LogP contribution in [0.3, 0.4) is 0 Å². The lowest BCUT2D eigenvalue weighted by molar-refractivity contribution is -0.137. The van der Waals surface area contributed by atoms with Crippen molar-refractivity contribution in [1.82, 2.24) is 25.2 Å². The number of nitrogens with one attached hydrogen (secondary N) is 1. The number of alkyl halides is 3. The van der Waals surface area contributed by atoms with Crippen LogP contribution in [0.25, 0.3) is 22.2 Å². The number of hydrogen-bond donors (Lipinski definition) is 2. The maximum atomic E-state index is 16.8. The fraction of sp³-hybridized carbons (Fsp3) is 0.594. The van der Waals surface area contributed by atoms with E-state index >= 15 is 8.78 Å². The van der Waals surface area contributed by atoms with Crippen LogP contribution < -0.4 is 25.4 Å². The standard InChI is InChI=1S/C32H35F6N7O3/c1-14-20(32(36,37)38)18(22(34)24(39)21(14)33)25-23(35)26-19-28(45-11-16-3-4-17(40-16)27(45)15(2)48-29(19)41-25)43-30(42-26)47-13-31(5-6-31)12-44-7-9-46-10-8-44/h15-17,27,40H,3-13,39H2,1-2H3/t15-,16+,17-,27+/m0/s1. The highest BCUT2D eigenvalue weighted by Crippen LogP contribution is 2.49. The van der Waals surface area contributed by atoms with Crippen LogP contribution in [-0.2, 0) is 10.9 Å². The summed E-state index contributed by atoms with van der Waals surface area (Å²) in [5.41, 5.74) is -1.29. The number of benzene rings is 1. The van der Waals surface area contributed by atoms with E-state index in [4.69, 9.17) is 24.9 Å². The third-order valence-corrected chi connectivity index (χ3v) is 10.5. The lowest BCUT2D eigenvalue weighted by Gasteiger charge is -2.42. The Morgan fingerprint density at radius 3 is 2.50 bits per heavy atom. The molecule has 3 N–H and O–H groups in total. The molecule has 2 bridgehead atoms. The van der Waals surface area contributed by atoms with E-state index in [9.17, 15) is 17.6 Å². The highest BCUT2D eigenvalue weighted by atomic mass is 19.4. The molecule has 0 radical (unpaired) electrons. The molecule has 48 heavy (non-hydrogen) atoms. The number of nitrogens with two attached hydrogens (primary N) is 1. The summed E-state index contributed by atoms with van der Waals surface area (Å²) >= 11 is 0. The number of piperazine rings is 1. The molecule has 1 aliphatic carbocycles. The summed E-state index contributed by atoms with van der Waals surface area (Å²) < 4.78 is 108. The van der Waals surface area contributed by atoms with Crippen molar-refractivity contribution in [2.75, 3.05) is 56.6 Å². The molecule has 3 aromatic rings. The van der Waals surface area contributed by atoms with E-state index in [1.54, 1.807) is 6.92 Å². The molecular formula is C32H35F6N7O3. The summed E-state index contributed by atoms with van der Waals surface area (Å²) in [4.78, 5) is 17.6. The van der Waals surface area contributed by atoms with E-state index in [0.717, 1.165) is 52.2 Å². The Morgan fingerprint density at radius 2 is 1.79 bits per heavy atom. The zero-order chi connectivity index (χ0) is 33.7. The van der Waals surface area contributed by atoms with E-state index in [-0.39, 0.29) is 53.2 Å². The minimum absolute atomic E-state index is 0.0103. The second-order valence-corrected chi connectivity index (χ2v) is 13.7. The van der Waals surface area contributed by atoms with Gasteiger partial charge in [-0.1, -0.05) is 0 Å². The van der Waals surface area contributed by atoms with Crippen LogP contribution in [0, 0.1) is 29.8 Å². The Morgan fingerprint density at radius 1 is 1.04 bits per heavy atom. The molecule has 3 saturated heterocycles. The number of nitrogen functional groups attached to an aromatic ring is 1. The lowest BCUT2D eigenvalue weighted by Crippen LogP contribution is -2.62. The molecule has 0 amide bonds. The topological polar surface area (TPSA) is 111 Å². The lowest BCUT2D eigenvalue weighted by atomic mass is 9.95. The smallest absolute Gasteiger partial charge is 0.417 e. The maximum absolute atomic E-state index is 16.8. The van der Waals surface area contributed by atoms with Crippen molar-refractivity contribution in [3.05, 3.63) is 28.6 Å². The van der Waals surface area contributed by atoms with Gasteiger partial charge in [0, 0.05) is 43.7 Å². The van der Waals surface area contributed by atoms with E-state index in [0.29, 0.717) is 19.8 Å². The first-order valence-corrected chi connectivity index (χ1v) is 16.2. The number of rotatable bonds is 6. The summed E-state index contributed by atoms with van der Waals surface area (Å²) in [7, 11) is 0. The summed E-state index contributed by atoms with van der Waals surface area (Å²) in [5, 5.41) is 3.62. The summed E-state index contributed by atoms with van der Waals surface area (Å²) in [5.74, 6) is -4.72. The first-order chi connectivity index (χ1) is 22.8. The van der Waals surface area contributed by atoms with Gasteiger partial charge in [-0.15, -0.1) is 0 Å². The fourth-order valence-electron chi connectivity index (χ4n) is 7.91. The molecule has 4 atom stereocenters. The van der Waals surface area contributed by atoms with Crippen LogP contribution >= 0.6 is 0 Å². The average Bonchev–Trinajstić information content (AvgIpc) is 3.74. The van der Waals surface area contributed by atoms with Crippen LogP contribution in [0.15, 0.2) is 0 Å². The van der Waals surface area contributed by atoms with Crippen molar-refractivity contribution < 1.29 is 40.6 Å². The molecule has 1 saturated carbocycles. The number of fused-ring (bicyclic) bond motifs is 5. The Balaban J connectivity index is 1.29. The average molecular weight is 680 g/mol. The Labute approximate surface area is 271 Å². The molecule has 4 fully saturated rings. The van der Waals surface area contributed by atoms with Crippen molar-refractivity contribution in [3.63, 3.8) is 0 Å². The number of ether oxygens (including phenoxy) is 3. The molecule has 6 heterocycles. The van der Waals surface area contributed by atoms with Gasteiger partial charge in [-0.05, 0) is 45.1 Å². The molecule has 1 aromatic carbocycles. The van der Waals surface area contributed by atoms with Gasteiger partial charge in [0.2, 0.25) is 5.88 Å². The zero-order valence-corrected chi connectivity index (χ0v) is 26.4. The van der Waals surface area contributed by atoms with Crippen molar-refractivity contribution >= 4 is 22.4 Å². The monoisotopic (exact) mass is 679 g/mol. The van der Waals surface area contributed by atoms with Gasteiger partial charge in [0.15, 0.2) is 17.5 Å². The highest BCUT2D eigenvalue weighted by Gasteiger charge is 2.49. The number of halogens is 6. The predicted molar refractivity (Wildman–Crippen MR) is 162 cm³/mol. The van der Waals surface area contributed by atoms with Gasteiger partial charge >= 0.3 is 12.2 Å². The quantitative estimate of drug-likeness (QED) is 0.284. The molecule has 8 rings (SSSR count). The van der Waals surface area contributed by atoms with Crippen LogP contribution in [0.2, 0.25) is 0 Å². The van der Waals surface area contributed by atoms with Gasteiger partial charge in [-0.3, -0.25) is 4.90 Å². The van der Waals surface area contributed by atoms with Gasteiger partial charge in [-0.25, -0.2) is 18.2 Å². The molecule has 16 heteroatoms. The van der Waals surface area contributed by atoms with Gasteiger partial charge < -0.3 is 30.2 Å². The Hall–Kier alpha value is -3.63. The second-order valence-electron chi connectivity index (χ2n) is 13.7. The van der Waals surface area contributed by atoms with Crippen molar-refractivity contribution in [2.24, 2.45) is 5.41 Å². The largest absolute Gasteiger partial charge is 0.472 e. The van der Waals surface area contributed by atoms with Crippen LogP contribution in [-0.4, -0.2) is 90.1 Å². The second kappa shape index (κ2) is 11.2. The minimum Gasteiger partial charge on any atom is -0.472 e. The van der Waals surface area contributed by atoms with E-state index in [1.807, 2.05) is 4.90 Å². The van der Waals surface area contributed by atoms with E-state index in [2.05, 4.69) is 20.2 Å². The van der Waals surface area contributed by atoms with Crippen LogP contribution in [0.5, 0.6) is 11.9 Å². The van der Waals surface area contributed by atoms with Gasteiger partial charge in [0.25, 0.3) is 0 Å². The first kappa shape index (κ1) is 31.6. The van der Waals surface area contributed by atoms with Crippen molar-refractivity contribution in [1.29, 1.82) is 0 Å². The van der Waals surface area contributed by atoms with E-state index in [1.165, 1.54) is 0 Å². The molecule has 5 aliphatic rings. The van der Waals surface area contributed by atoms with Gasteiger partial charge in [0.05, 0.1) is 37.0 Å². The fourth-order valence-corrected chi connectivity index (χ4v) is 7.91. The predicted octanol–water partition coefficient (Wildman–Crippen LogP) is 4.60. The van der Waals surface area contributed by atoms with Crippen molar-refractivity contribution in [3.8, 4) is 23.1 Å². The van der Waals surface area contributed by atoms with E-state index < -0.39 is 63.3 Å². The Kier molecular flexibility index (Phi) is 7.38. The third kappa shape index (κ3) is 5.09. The molecule has 4 aliphatic heterocycles. The molecule has 2 aromatic heterocycles. The SMILES string of the molecule is Cc1c(F)c(N)c(F)c(-c2nc3c4c(nc(OCC5(CN6CCOCC6)CC5)nc4c2F)N2C[C@H]4CC[C@H](N4)[C@H]2[C@H](C)O3)c1C(F)(F)F. The third-order valence-electron chi connectivity index (χ3n) is 10.5. The summed E-state index contributed by atoms with van der Waals surface area (Å²) in [6.45, 7) is 7.02. The normalized spacial score (nSPS) is 26.3. The zero-order valence-electron chi connectivity index (χ0n) is 26.4. The number of anilines is 2. The molecule has 10 nitrogen and oxygen atoms in total. The maximum Gasteiger partial charge on any atom is 0.417 e. The highest BCUT2D eigenvalue weighted by molar-refractivity contribution is 5.97. The number of morpholine rings is 1. The molecule has 0 spiro atoms. The van der Waals surface area contributed by atoms with Gasteiger partial charge in [-0.2, -0.15) is 23.1 Å². The summed E-state index contributed by atoms with van der Waals surface area (Å²) in [6.07, 6.45) is -2.29. The number of pyridine rings is 1. The molecule has 258 valence electrons. The van der Waals surface area contributed by atoms with Crippen LogP contribution in [0.4, 0.5) is 37.8 Å².